The number of nitrogens with zero attached hydrogens (tertiary/aromatic N) is 4. The smallest absolute Gasteiger partial charge is 0.364 e. The Labute approximate surface area is 257 Å². The zero-order chi connectivity index (χ0) is 33.4. The molecule has 2 fully saturated rings. The number of carbonyl (C=O) groups is 2. The van der Waals surface area contributed by atoms with E-state index in [1.807, 2.05) is 0 Å². The Morgan fingerprint density at radius 1 is 1.00 bits per heavy atom. The van der Waals surface area contributed by atoms with E-state index in [1.165, 1.54) is 10.6 Å². The van der Waals surface area contributed by atoms with Crippen molar-refractivity contribution in [2.75, 3.05) is 0 Å². The van der Waals surface area contributed by atoms with Crippen LogP contribution in [0.1, 0.15) is 97.8 Å². The quantitative estimate of drug-likeness (QED) is 0.222. The summed E-state index contributed by atoms with van der Waals surface area (Å²) in [4.78, 5) is 34.8. The second kappa shape index (κ2) is 12.8. The second-order valence-electron chi connectivity index (χ2n) is 12.2. The molecular weight excluding hydrogens is 632 g/mol. The molecule has 0 spiro atoms. The molecular formula is C29H32F8N6O3. The lowest BCUT2D eigenvalue weighted by Gasteiger charge is -2.33. The maximum Gasteiger partial charge on any atom is 0.392 e. The number of amides is 2. The predicted octanol–water partition coefficient (Wildman–Crippen LogP) is 6.66. The highest BCUT2D eigenvalue weighted by Gasteiger charge is 2.41. The first-order valence-corrected chi connectivity index (χ1v) is 14.9. The molecule has 0 aromatic carbocycles. The number of rotatable bonds is 11. The molecule has 46 heavy (non-hydrogen) atoms. The number of alkyl halides is 8. The van der Waals surface area contributed by atoms with Gasteiger partial charge in [0, 0.05) is 44.5 Å². The molecule has 0 bridgehead atoms. The van der Waals surface area contributed by atoms with Gasteiger partial charge in [-0.15, -0.1) is 0 Å². The summed E-state index contributed by atoms with van der Waals surface area (Å²) in [5, 5.41) is 8.93. The summed E-state index contributed by atoms with van der Waals surface area (Å²) in [6, 6.07) is 0.00746. The minimum atomic E-state index is -4.52. The number of hydrogen-bond donors (Lipinski definition) is 2. The summed E-state index contributed by atoms with van der Waals surface area (Å²) in [6.45, 7) is 0.928. The molecule has 2 amide bonds. The first-order chi connectivity index (χ1) is 21.5. The van der Waals surface area contributed by atoms with Gasteiger partial charge in [-0.25, -0.2) is 18.7 Å². The molecule has 0 radical (unpaired) electrons. The van der Waals surface area contributed by atoms with E-state index in [4.69, 9.17) is 4.52 Å². The highest BCUT2D eigenvalue weighted by atomic mass is 19.4. The van der Waals surface area contributed by atoms with Gasteiger partial charge in [-0.2, -0.15) is 26.3 Å². The Kier molecular flexibility index (Phi) is 9.33. The van der Waals surface area contributed by atoms with Gasteiger partial charge in [0.2, 0.25) is 17.6 Å². The summed E-state index contributed by atoms with van der Waals surface area (Å²) in [5.74, 6) is -6.68. The van der Waals surface area contributed by atoms with Crippen molar-refractivity contribution in [2.45, 2.75) is 95.1 Å². The van der Waals surface area contributed by atoms with Crippen LogP contribution in [0.15, 0.2) is 29.2 Å². The number of hydrogen-bond acceptors (Lipinski definition) is 6. The fourth-order valence-electron chi connectivity index (χ4n) is 5.65. The maximum absolute atomic E-state index is 14.0. The highest BCUT2D eigenvalue weighted by Crippen LogP contribution is 2.43. The van der Waals surface area contributed by atoms with Gasteiger partial charge >= 0.3 is 12.4 Å². The summed E-state index contributed by atoms with van der Waals surface area (Å²) in [5.41, 5.74) is 0.203. The largest absolute Gasteiger partial charge is 0.392 e. The number of aryl methyl sites for hydroxylation is 1. The topological polar surface area (TPSA) is 114 Å². The van der Waals surface area contributed by atoms with Gasteiger partial charge in [-0.3, -0.25) is 14.0 Å². The van der Waals surface area contributed by atoms with Gasteiger partial charge in [-0.05, 0) is 43.6 Å². The lowest BCUT2D eigenvalue weighted by atomic mass is 9.81. The van der Waals surface area contributed by atoms with Gasteiger partial charge < -0.3 is 15.2 Å². The number of carbonyl (C=O) groups excluding carboxylic acids is 2. The molecule has 2 saturated carbocycles. The lowest BCUT2D eigenvalue weighted by molar-refractivity contribution is -0.174. The summed E-state index contributed by atoms with van der Waals surface area (Å²) >= 11 is 0. The van der Waals surface area contributed by atoms with Crippen LogP contribution in [0.4, 0.5) is 35.1 Å². The molecule has 2 N–H and O–H groups in total. The third-order valence-electron chi connectivity index (χ3n) is 8.52. The Balaban J connectivity index is 1.39. The Bertz CT molecular complexity index is 1540. The average Bonchev–Trinajstić information content (AvgIpc) is 3.53. The SMILES string of the molecule is C[C@@H](CC(=O)N[C@H](c1ccn2cc([C@@H](NC(=O)c3conc3CCC(F)(F)F)C3CCC(F)(F)CC3)nc2n1)C1CC1)C(F)(F)F. The van der Waals surface area contributed by atoms with Gasteiger partial charge in [-0.1, -0.05) is 12.1 Å². The van der Waals surface area contributed by atoms with Crippen molar-refractivity contribution in [1.29, 1.82) is 0 Å². The molecule has 3 aromatic rings. The van der Waals surface area contributed by atoms with E-state index in [1.54, 1.807) is 12.3 Å². The predicted molar refractivity (Wildman–Crippen MR) is 144 cm³/mol. The summed E-state index contributed by atoms with van der Waals surface area (Å²) in [7, 11) is 0. The van der Waals surface area contributed by atoms with Crippen molar-refractivity contribution in [1.82, 2.24) is 30.2 Å². The van der Waals surface area contributed by atoms with Crippen LogP contribution in [0.25, 0.3) is 5.78 Å². The minimum absolute atomic E-state index is 0.0272. The zero-order valence-electron chi connectivity index (χ0n) is 24.6. The molecule has 3 atom stereocenters. The van der Waals surface area contributed by atoms with Crippen molar-refractivity contribution in [3.8, 4) is 0 Å². The minimum Gasteiger partial charge on any atom is -0.364 e. The summed E-state index contributed by atoms with van der Waals surface area (Å²) < 4.78 is 112. The molecule has 5 rings (SSSR count). The second-order valence-corrected chi connectivity index (χ2v) is 12.2. The van der Waals surface area contributed by atoms with E-state index in [0.29, 0.717) is 5.69 Å². The van der Waals surface area contributed by atoms with Crippen LogP contribution >= 0.6 is 0 Å². The Morgan fingerprint density at radius 3 is 2.26 bits per heavy atom. The Morgan fingerprint density at radius 2 is 1.63 bits per heavy atom. The molecule has 252 valence electrons. The highest BCUT2D eigenvalue weighted by molar-refractivity contribution is 5.95. The van der Waals surface area contributed by atoms with Crippen LogP contribution in [0.5, 0.6) is 0 Å². The monoisotopic (exact) mass is 664 g/mol. The number of nitrogens with one attached hydrogen (secondary N) is 2. The van der Waals surface area contributed by atoms with Crippen molar-refractivity contribution in [3.05, 3.63) is 47.4 Å². The van der Waals surface area contributed by atoms with E-state index in [9.17, 15) is 44.7 Å². The van der Waals surface area contributed by atoms with Crippen LogP contribution in [0.2, 0.25) is 0 Å². The zero-order valence-corrected chi connectivity index (χ0v) is 24.6. The molecule has 0 unspecified atom stereocenters. The van der Waals surface area contributed by atoms with E-state index >= 15 is 0 Å². The summed E-state index contributed by atoms with van der Waals surface area (Å²) in [6.07, 6.45) is -6.87. The third-order valence-corrected chi connectivity index (χ3v) is 8.52. The van der Waals surface area contributed by atoms with E-state index in [0.717, 1.165) is 26.0 Å². The third kappa shape index (κ3) is 8.32. The van der Waals surface area contributed by atoms with Crippen molar-refractivity contribution in [2.24, 2.45) is 17.8 Å². The van der Waals surface area contributed by atoms with Crippen molar-refractivity contribution >= 4 is 17.6 Å². The molecule has 2 aliphatic rings. The van der Waals surface area contributed by atoms with E-state index < -0.39 is 86.1 Å². The van der Waals surface area contributed by atoms with Gasteiger partial charge in [0.05, 0.1) is 35.1 Å². The number of aromatic nitrogens is 4. The molecule has 0 aliphatic heterocycles. The van der Waals surface area contributed by atoms with Gasteiger partial charge in [0.1, 0.15) is 11.8 Å². The number of fused-ring (bicyclic) bond motifs is 1. The number of halogens is 8. The van der Waals surface area contributed by atoms with Crippen LogP contribution in [-0.4, -0.2) is 49.6 Å². The molecule has 9 nitrogen and oxygen atoms in total. The number of imidazole rings is 1. The van der Waals surface area contributed by atoms with Gasteiger partial charge in [0.15, 0.2) is 0 Å². The molecule has 2 aliphatic carbocycles. The van der Waals surface area contributed by atoms with Crippen molar-refractivity contribution in [3.63, 3.8) is 0 Å². The normalized spacial score (nSPS) is 19.5. The standard InChI is InChI=1S/C29H32F8N6O3/c1-15(29(35,36)37)12-22(44)40-23(16-2-3-16)20-7-11-43-13-21(39-26(43)38-20)24(17-4-8-27(30,31)9-5-17)41-25(45)18-14-46-42-19(18)6-10-28(32,33)34/h7,11,13-17,23-24H,2-6,8-10,12H2,1H3,(H,40,44)(H,41,45)/t15-,23-,24-/m0/s1. The first kappa shape index (κ1) is 33.6. The van der Waals surface area contributed by atoms with Gasteiger partial charge in [0.25, 0.3) is 5.91 Å². The van der Waals surface area contributed by atoms with Crippen LogP contribution in [0, 0.1) is 17.8 Å². The molecule has 3 aromatic heterocycles. The molecule has 0 saturated heterocycles. The van der Waals surface area contributed by atoms with E-state index in [2.05, 4.69) is 25.8 Å². The van der Waals surface area contributed by atoms with Crippen LogP contribution in [-0.2, 0) is 11.2 Å². The Hall–Kier alpha value is -3.79. The fraction of sp³-hybridized carbons (Fsp3) is 0.621. The lowest BCUT2D eigenvalue weighted by Crippen LogP contribution is -2.37. The average molecular weight is 665 g/mol. The fourth-order valence-corrected chi connectivity index (χ4v) is 5.65. The molecule has 3 heterocycles. The van der Waals surface area contributed by atoms with Crippen LogP contribution < -0.4 is 10.6 Å². The maximum atomic E-state index is 14.0. The first-order valence-electron chi connectivity index (χ1n) is 14.9. The molecule has 17 heteroatoms. The van der Waals surface area contributed by atoms with Crippen LogP contribution in [0.3, 0.4) is 0 Å². The van der Waals surface area contributed by atoms with E-state index in [-0.39, 0.29) is 41.5 Å². The van der Waals surface area contributed by atoms with Crippen molar-refractivity contribution < 1.29 is 49.2 Å².